The van der Waals surface area contributed by atoms with E-state index in [2.05, 4.69) is 26.1 Å². The molecule has 3 nitrogen and oxygen atoms in total. The lowest BCUT2D eigenvalue weighted by atomic mass is 10.1. The van der Waals surface area contributed by atoms with E-state index in [0.717, 1.165) is 0 Å². The summed E-state index contributed by atoms with van der Waals surface area (Å²) in [5.74, 6) is 0. The Labute approximate surface area is 101 Å². The molecular formula is C13H29NO2. The molecule has 0 spiro atoms. The van der Waals surface area contributed by atoms with Crippen LogP contribution in [0.4, 0.5) is 0 Å². The maximum absolute atomic E-state index is 5.22. The van der Waals surface area contributed by atoms with Crippen molar-refractivity contribution in [3.8, 4) is 0 Å². The molecule has 0 aromatic carbocycles. The molecular weight excluding hydrogens is 202 g/mol. The standard InChI is InChI=1S/C13H29NO2/c1-6-7-8-9-10-11(2)14-12(3)13(15-4)16-5/h11-14H,6-10H2,1-5H3. The molecule has 0 fully saturated rings. The van der Waals surface area contributed by atoms with Crippen molar-refractivity contribution in [3.63, 3.8) is 0 Å². The number of nitrogens with one attached hydrogen (secondary N) is 1. The van der Waals surface area contributed by atoms with Crippen LogP contribution in [0, 0.1) is 0 Å². The van der Waals surface area contributed by atoms with Crippen LogP contribution in [-0.4, -0.2) is 32.6 Å². The third-order valence-corrected chi connectivity index (χ3v) is 2.91. The molecule has 3 heteroatoms. The molecule has 0 bridgehead atoms. The molecule has 0 heterocycles. The summed E-state index contributed by atoms with van der Waals surface area (Å²) in [6, 6.07) is 0.760. The van der Waals surface area contributed by atoms with Crippen LogP contribution >= 0.6 is 0 Å². The first-order chi connectivity index (χ1) is 7.65. The molecule has 0 aliphatic carbocycles. The van der Waals surface area contributed by atoms with Gasteiger partial charge in [0, 0.05) is 20.3 Å². The lowest BCUT2D eigenvalue weighted by Crippen LogP contribution is -2.44. The van der Waals surface area contributed by atoms with Crippen LogP contribution in [0.25, 0.3) is 0 Å². The van der Waals surface area contributed by atoms with Gasteiger partial charge in [-0.15, -0.1) is 0 Å². The van der Waals surface area contributed by atoms with Crippen molar-refractivity contribution in [2.75, 3.05) is 14.2 Å². The minimum absolute atomic E-state index is 0.155. The summed E-state index contributed by atoms with van der Waals surface area (Å²) in [7, 11) is 3.36. The Kier molecular flexibility index (Phi) is 9.99. The summed E-state index contributed by atoms with van der Waals surface area (Å²) in [6.45, 7) is 6.57. The van der Waals surface area contributed by atoms with Gasteiger partial charge in [-0.1, -0.05) is 32.6 Å². The molecule has 0 radical (unpaired) electrons. The fraction of sp³-hybridized carbons (Fsp3) is 1.00. The molecule has 0 amide bonds. The molecule has 0 aliphatic rings. The first kappa shape index (κ1) is 15.9. The molecule has 0 saturated carbocycles. The Balaban J connectivity index is 3.64. The van der Waals surface area contributed by atoms with E-state index in [1.165, 1.54) is 32.1 Å². The molecule has 2 unspecified atom stereocenters. The SMILES string of the molecule is CCCCCCC(C)NC(C)C(OC)OC. The Bertz CT molecular complexity index is 149. The number of unbranched alkanes of at least 4 members (excludes halogenated alkanes) is 3. The zero-order chi connectivity index (χ0) is 12.4. The summed E-state index contributed by atoms with van der Waals surface area (Å²) >= 11 is 0. The molecule has 0 aromatic rings. The maximum atomic E-state index is 5.22. The van der Waals surface area contributed by atoms with Gasteiger partial charge in [0.15, 0.2) is 6.29 Å². The summed E-state index contributed by atoms with van der Waals surface area (Å²) in [5.41, 5.74) is 0. The molecule has 2 atom stereocenters. The Morgan fingerprint density at radius 3 is 2.12 bits per heavy atom. The highest BCUT2D eigenvalue weighted by molar-refractivity contribution is 4.70. The normalized spacial score (nSPS) is 15.4. The number of hydrogen-bond acceptors (Lipinski definition) is 3. The summed E-state index contributed by atoms with van der Waals surface area (Å²) in [5, 5.41) is 3.51. The summed E-state index contributed by atoms with van der Waals surface area (Å²) in [4.78, 5) is 0. The highest BCUT2D eigenvalue weighted by Gasteiger charge is 2.17. The Hall–Kier alpha value is -0.120. The van der Waals surface area contributed by atoms with Crippen LogP contribution in [0.5, 0.6) is 0 Å². The van der Waals surface area contributed by atoms with Gasteiger partial charge in [-0.2, -0.15) is 0 Å². The van der Waals surface area contributed by atoms with Crippen molar-refractivity contribution in [1.82, 2.24) is 5.32 Å². The number of ether oxygens (including phenoxy) is 2. The molecule has 16 heavy (non-hydrogen) atoms. The summed E-state index contributed by atoms with van der Waals surface area (Å²) in [6.07, 6.45) is 6.37. The van der Waals surface area contributed by atoms with Crippen molar-refractivity contribution in [3.05, 3.63) is 0 Å². The van der Waals surface area contributed by atoms with Gasteiger partial charge in [-0.3, -0.25) is 0 Å². The average molecular weight is 231 g/mol. The van der Waals surface area contributed by atoms with E-state index in [1.807, 2.05) is 0 Å². The Morgan fingerprint density at radius 2 is 1.62 bits per heavy atom. The molecule has 1 N–H and O–H groups in total. The second-order valence-electron chi connectivity index (χ2n) is 4.55. The van der Waals surface area contributed by atoms with Crippen molar-refractivity contribution in [2.24, 2.45) is 0 Å². The van der Waals surface area contributed by atoms with Crippen molar-refractivity contribution >= 4 is 0 Å². The van der Waals surface area contributed by atoms with Crippen LogP contribution in [0.1, 0.15) is 52.9 Å². The van der Waals surface area contributed by atoms with Crippen LogP contribution in [-0.2, 0) is 9.47 Å². The highest BCUT2D eigenvalue weighted by Crippen LogP contribution is 2.07. The van der Waals surface area contributed by atoms with Crippen molar-refractivity contribution < 1.29 is 9.47 Å². The van der Waals surface area contributed by atoms with Gasteiger partial charge in [0.1, 0.15) is 0 Å². The van der Waals surface area contributed by atoms with Gasteiger partial charge in [0.25, 0.3) is 0 Å². The van der Waals surface area contributed by atoms with E-state index in [-0.39, 0.29) is 12.3 Å². The van der Waals surface area contributed by atoms with Crippen LogP contribution in [0.15, 0.2) is 0 Å². The minimum Gasteiger partial charge on any atom is -0.354 e. The minimum atomic E-state index is -0.155. The molecule has 0 aromatic heterocycles. The topological polar surface area (TPSA) is 30.5 Å². The fourth-order valence-electron chi connectivity index (χ4n) is 1.99. The van der Waals surface area contributed by atoms with E-state index in [0.29, 0.717) is 6.04 Å². The quantitative estimate of drug-likeness (QED) is 0.463. The van der Waals surface area contributed by atoms with Crippen LogP contribution in [0.3, 0.4) is 0 Å². The van der Waals surface area contributed by atoms with E-state index < -0.39 is 0 Å². The predicted molar refractivity (Wildman–Crippen MR) is 68.6 cm³/mol. The monoisotopic (exact) mass is 231 g/mol. The summed E-state index contributed by atoms with van der Waals surface area (Å²) < 4.78 is 10.4. The smallest absolute Gasteiger partial charge is 0.171 e. The van der Waals surface area contributed by atoms with Crippen LogP contribution in [0.2, 0.25) is 0 Å². The predicted octanol–water partition coefficient (Wildman–Crippen LogP) is 2.94. The molecule has 0 aliphatic heterocycles. The maximum Gasteiger partial charge on any atom is 0.171 e. The number of hydrogen-bond donors (Lipinski definition) is 1. The van der Waals surface area contributed by atoms with Crippen molar-refractivity contribution in [2.45, 2.75) is 71.2 Å². The molecule has 98 valence electrons. The second-order valence-corrected chi connectivity index (χ2v) is 4.55. The number of methoxy groups -OCH3 is 2. The van der Waals surface area contributed by atoms with E-state index in [9.17, 15) is 0 Å². The molecule has 0 rings (SSSR count). The lowest BCUT2D eigenvalue weighted by Gasteiger charge is -2.25. The van der Waals surface area contributed by atoms with E-state index in [1.54, 1.807) is 14.2 Å². The van der Waals surface area contributed by atoms with Gasteiger partial charge < -0.3 is 14.8 Å². The van der Waals surface area contributed by atoms with Gasteiger partial charge >= 0.3 is 0 Å². The first-order valence-electron chi connectivity index (χ1n) is 6.47. The van der Waals surface area contributed by atoms with Gasteiger partial charge in [0.2, 0.25) is 0 Å². The third kappa shape index (κ3) is 7.20. The zero-order valence-electron chi connectivity index (χ0n) is 11.6. The van der Waals surface area contributed by atoms with Gasteiger partial charge in [-0.05, 0) is 20.3 Å². The van der Waals surface area contributed by atoms with E-state index >= 15 is 0 Å². The van der Waals surface area contributed by atoms with Gasteiger partial charge in [-0.25, -0.2) is 0 Å². The van der Waals surface area contributed by atoms with Gasteiger partial charge in [0.05, 0.1) is 6.04 Å². The average Bonchev–Trinajstić information content (AvgIpc) is 2.26. The Morgan fingerprint density at radius 1 is 1.00 bits per heavy atom. The fourth-order valence-corrected chi connectivity index (χ4v) is 1.99. The second kappa shape index (κ2) is 10.1. The highest BCUT2D eigenvalue weighted by atomic mass is 16.7. The lowest BCUT2D eigenvalue weighted by molar-refractivity contribution is -0.120. The molecule has 0 saturated heterocycles. The largest absolute Gasteiger partial charge is 0.354 e. The van der Waals surface area contributed by atoms with E-state index in [4.69, 9.17) is 9.47 Å². The van der Waals surface area contributed by atoms with Crippen molar-refractivity contribution in [1.29, 1.82) is 0 Å². The first-order valence-corrected chi connectivity index (χ1v) is 6.47. The van der Waals surface area contributed by atoms with Crippen LogP contribution < -0.4 is 5.32 Å². The third-order valence-electron chi connectivity index (χ3n) is 2.91. The number of rotatable bonds is 10. The zero-order valence-corrected chi connectivity index (χ0v) is 11.6.